The van der Waals surface area contributed by atoms with Crippen molar-refractivity contribution in [1.82, 2.24) is 9.47 Å². The number of carbonyl (C=O) groups is 3. The van der Waals surface area contributed by atoms with E-state index in [4.69, 9.17) is 0 Å². The highest BCUT2D eigenvalue weighted by Crippen LogP contribution is 2.54. The first-order chi connectivity index (χ1) is 18.3. The summed E-state index contributed by atoms with van der Waals surface area (Å²) in [5, 5.41) is -0.215. The first-order valence-electron chi connectivity index (χ1n) is 12.4. The van der Waals surface area contributed by atoms with Gasteiger partial charge in [0, 0.05) is 28.4 Å². The molecule has 0 N–H and O–H groups in total. The van der Waals surface area contributed by atoms with E-state index in [0.29, 0.717) is 28.7 Å². The van der Waals surface area contributed by atoms with Crippen LogP contribution in [0.5, 0.6) is 0 Å². The summed E-state index contributed by atoms with van der Waals surface area (Å²) in [6, 6.07) is 12.8. The number of thioether (sulfide) groups is 1. The number of halogens is 2. The first-order valence-corrected chi connectivity index (χ1v) is 14.9. The van der Waals surface area contributed by atoms with Crippen LogP contribution in [-0.2, 0) is 20.9 Å². The van der Waals surface area contributed by atoms with Crippen molar-refractivity contribution in [1.29, 1.82) is 0 Å². The molecule has 3 amide bonds. The number of rotatable bonds is 4. The van der Waals surface area contributed by atoms with Crippen molar-refractivity contribution in [2.45, 2.75) is 42.0 Å². The van der Waals surface area contributed by atoms with Crippen LogP contribution in [-0.4, -0.2) is 45.5 Å². The number of benzene rings is 2. The van der Waals surface area contributed by atoms with Gasteiger partial charge >= 0.3 is 4.87 Å². The second-order valence-corrected chi connectivity index (χ2v) is 12.7. The van der Waals surface area contributed by atoms with Gasteiger partial charge in [0.25, 0.3) is 0 Å². The number of amides is 3. The summed E-state index contributed by atoms with van der Waals surface area (Å²) < 4.78 is 15.9. The van der Waals surface area contributed by atoms with Crippen molar-refractivity contribution in [3.8, 4) is 0 Å². The summed E-state index contributed by atoms with van der Waals surface area (Å²) in [6.45, 7) is 1.26. The molecular weight excluding hydrogens is 593 g/mol. The van der Waals surface area contributed by atoms with Gasteiger partial charge in [-0.1, -0.05) is 51.2 Å². The van der Waals surface area contributed by atoms with Crippen molar-refractivity contribution in [2.75, 3.05) is 18.0 Å². The Balaban J connectivity index is 1.44. The molecule has 38 heavy (non-hydrogen) atoms. The van der Waals surface area contributed by atoms with Gasteiger partial charge in [-0.2, -0.15) is 0 Å². The minimum atomic E-state index is -0.783. The number of fused-ring (bicyclic) bond motifs is 2. The minimum absolute atomic E-state index is 0.0932. The molecule has 0 spiro atoms. The van der Waals surface area contributed by atoms with Crippen LogP contribution in [0.3, 0.4) is 0 Å². The number of imide groups is 1. The van der Waals surface area contributed by atoms with Crippen LogP contribution in [0.25, 0.3) is 0 Å². The number of likely N-dealkylation sites (tertiary alicyclic amines) is 1. The molecule has 0 aliphatic carbocycles. The number of aromatic nitrogens is 1. The fourth-order valence-corrected chi connectivity index (χ4v) is 8.73. The Morgan fingerprint density at radius 2 is 1.74 bits per heavy atom. The Labute approximate surface area is 234 Å². The summed E-state index contributed by atoms with van der Waals surface area (Å²) in [6.07, 6.45) is 2.98. The summed E-state index contributed by atoms with van der Waals surface area (Å²) in [7, 11) is 0. The van der Waals surface area contributed by atoms with E-state index in [0.717, 1.165) is 45.5 Å². The number of thiazole rings is 1. The van der Waals surface area contributed by atoms with Gasteiger partial charge in [0.2, 0.25) is 17.7 Å². The monoisotopic (exact) mass is 615 g/mol. The fourth-order valence-electron chi connectivity index (χ4n) is 5.54. The van der Waals surface area contributed by atoms with Gasteiger partial charge < -0.3 is 4.90 Å². The van der Waals surface area contributed by atoms with Gasteiger partial charge in [-0.25, -0.2) is 9.29 Å². The predicted octanol–water partition coefficient (Wildman–Crippen LogP) is 4.62. The lowest BCUT2D eigenvalue weighted by atomic mass is 9.83. The Morgan fingerprint density at radius 1 is 1.00 bits per heavy atom. The standard InChI is InChI=1S/C27H23BrFN3O4S2/c28-16-6-4-5-15(13-16)20-21-22(25(35)32(24(21)34)18-9-7-17(29)8-10-18)37-26-23(20)38-27(36)31(26)14-19(33)30-11-2-1-3-12-30/h4-10,13,20-22H,1-3,11-12,14H2/t20-,21-,22+/m0/s1. The maximum absolute atomic E-state index is 13.8. The third-order valence-electron chi connectivity index (χ3n) is 7.34. The van der Waals surface area contributed by atoms with Crippen LogP contribution < -0.4 is 9.77 Å². The van der Waals surface area contributed by atoms with Gasteiger partial charge in [-0.3, -0.25) is 23.7 Å². The molecule has 196 valence electrons. The SMILES string of the molecule is O=C(Cn1c2c(sc1=O)[C@@H](c1cccc(Br)c1)[C@@H]1C(=O)N(c3ccc(F)cc3)C(=O)[C@@H]1S2)N1CCCCC1. The Kier molecular flexibility index (Phi) is 6.77. The summed E-state index contributed by atoms with van der Waals surface area (Å²) in [5.41, 5.74) is 1.11. The molecule has 0 bridgehead atoms. The smallest absolute Gasteiger partial charge is 0.308 e. The summed E-state index contributed by atoms with van der Waals surface area (Å²) in [5.74, 6) is -2.66. The van der Waals surface area contributed by atoms with Crippen molar-refractivity contribution in [3.63, 3.8) is 0 Å². The second-order valence-electron chi connectivity index (χ2n) is 9.65. The number of anilines is 1. The Hall–Kier alpha value is -2.76. The average Bonchev–Trinajstić information content (AvgIpc) is 3.36. The maximum Gasteiger partial charge on any atom is 0.308 e. The number of piperidine rings is 1. The molecule has 3 aliphatic rings. The van der Waals surface area contributed by atoms with Crippen LogP contribution >= 0.6 is 39.0 Å². The number of nitrogens with zero attached hydrogens (tertiary/aromatic N) is 3. The van der Waals surface area contributed by atoms with E-state index >= 15 is 0 Å². The zero-order valence-corrected chi connectivity index (χ0v) is 23.4. The highest BCUT2D eigenvalue weighted by molar-refractivity contribution is 9.10. The third-order valence-corrected chi connectivity index (χ3v) is 10.4. The molecule has 6 rings (SSSR count). The average molecular weight is 617 g/mol. The highest BCUT2D eigenvalue weighted by Gasteiger charge is 2.56. The molecule has 0 unspecified atom stereocenters. The molecule has 7 nitrogen and oxygen atoms in total. The second kappa shape index (κ2) is 10.1. The van der Waals surface area contributed by atoms with E-state index in [2.05, 4.69) is 15.9 Å². The van der Waals surface area contributed by atoms with Crippen LogP contribution in [0.1, 0.15) is 35.6 Å². The van der Waals surface area contributed by atoms with Gasteiger partial charge in [-0.05, 0) is 61.2 Å². The van der Waals surface area contributed by atoms with Gasteiger partial charge in [0.15, 0.2) is 0 Å². The maximum atomic E-state index is 13.8. The van der Waals surface area contributed by atoms with Crippen molar-refractivity contribution < 1.29 is 18.8 Å². The molecule has 4 heterocycles. The van der Waals surface area contributed by atoms with Crippen LogP contribution in [0.4, 0.5) is 10.1 Å². The molecule has 2 aromatic carbocycles. The topological polar surface area (TPSA) is 79.7 Å². The molecule has 2 saturated heterocycles. The van der Waals surface area contributed by atoms with Crippen molar-refractivity contribution in [2.24, 2.45) is 5.92 Å². The number of hydrogen-bond acceptors (Lipinski definition) is 6. The molecule has 2 fully saturated rings. The molecular formula is C27H23BrFN3O4S2. The number of hydrogen-bond donors (Lipinski definition) is 0. The normalized spacial score (nSPS) is 22.9. The zero-order valence-electron chi connectivity index (χ0n) is 20.1. The molecule has 1 aromatic heterocycles. The highest BCUT2D eigenvalue weighted by atomic mass is 79.9. The number of carbonyl (C=O) groups excluding carboxylic acids is 3. The molecule has 3 atom stereocenters. The first kappa shape index (κ1) is 25.5. The van der Waals surface area contributed by atoms with Crippen LogP contribution in [0, 0.1) is 11.7 Å². The lowest BCUT2D eigenvalue weighted by molar-refractivity contribution is -0.133. The van der Waals surface area contributed by atoms with Crippen LogP contribution in [0.15, 0.2) is 62.8 Å². The summed E-state index contributed by atoms with van der Waals surface area (Å²) in [4.78, 5) is 57.2. The summed E-state index contributed by atoms with van der Waals surface area (Å²) >= 11 is 5.72. The van der Waals surface area contributed by atoms with E-state index in [1.807, 2.05) is 24.3 Å². The third kappa shape index (κ3) is 4.34. The van der Waals surface area contributed by atoms with E-state index in [9.17, 15) is 23.6 Å². The predicted molar refractivity (Wildman–Crippen MR) is 147 cm³/mol. The fraction of sp³-hybridized carbons (Fsp3) is 0.333. The van der Waals surface area contributed by atoms with Crippen molar-refractivity contribution in [3.05, 3.63) is 78.9 Å². The molecule has 11 heteroatoms. The van der Waals surface area contributed by atoms with Gasteiger partial charge in [0.1, 0.15) is 17.6 Å². The van der Waals surface area contributed by atoms with E-state index < -0.39 is 28.8 Å². The van der Waals surface area contributed by atoms with E-state index in [1.54, 1.807) is 4.90 Å². The molecule has 3 aliphatic heterocycles. The van der Waals surface area contributed by atoms with Crippen molar-refractivity contribution >= 4 is 62.4 Å². The lowest BCUT2D eigenvalue weighted by Gasteiger charge is -2.31. The van der Waals surface area contributed by atoms with E-state index in [1.165, 1.54) is 40.6 Å². The Morgan fingerprint density at radius 3 is 2.45 bits per heavy atom. The molecule has 0 radical (unpaired) electrons. The van der Waals surface area contributed by atoms with Gasteiger partial charge in [-0.15, -0.1) is 0 Å². The quantitative estimate of drug-likeness (QED) is 0.400. The zero-order chi connectivity index (χ0) is 26.6. The largest absolute Gasteiger partial charge is 0.341 e. The minimum Gasteiger partial charge on any atom is -0.341 e. The van der Waals surface area contributed by atoms with Gasteiger partial charge in [0.05, 0.1) is 16.6 Å². The lowest BCUT2D eigenvalue weighted by Crippen LogP contribution is -2.39. The van der Waals surface area contributed by atoms with Crippen LogP contribution in [0.2, 0.25) is 0 Å². The molecule has 0 saturated carbocycles. The molecule has 3 aromatic rings. The Bertz CT molecular complexity index is 1500. The van der Waals surface area contributed by atoms with E-state index in [-0.39, 0.29) is 23.2 Å².